The topological polar surface area (TPSA) is 21.3 Å². The average Bonchev–Trinajstić information content (AvgIpc) is 2.46. The summed E-state index contributed by atoms with van der Waals surface area (Å²) in [7, 11) is 0. The molecule has 0 aromatic heterocycles. The van der Waals surface area contributed by atoms with Crippen molar-refractivity contribution in [1.82, 2.24) is 5.32 Å². The molecular formula is C17H27NO. The van der Waals surface area contributed by atoms with E-state index in [9.17, 15) is 0 Å². The van der Waals surface area contributed by atoms with Crippen LogP contribution >= 0.6 is 0 Å². The van der Waals surface area contributed by atoms with Crippen LogP contribution in [0.2, 0.25) is 0 Å². The standard InChI is InChI=1S/C17H27NO/c1-3-13-18-14(2)16-11-7-8-12-17(16)19-15-9-5-4-6-10-15/h7-8,11-12,14-15,18H,3-6,9-10,13H2,1-2H3. The Morgan fingerprint density at radius 1 is 1.21 bits per heavy atom. The second-order valence-corrected chi connectivity index (χ2v) is 5.59. The summed E-state index contributed by atoms with van der Waals surface area (Å²) in [6.45, 7) is 5.47. The number of ether oxygens (including phenoxy) is 1. The van der Waals surface area contributed by atoms with Crippen LogP contribution in [0.3, 0.4) is 0 Å². The molecule has 0 amide bonds. The maximum atomic E-state index is 6.25. The van der Waals surface area contributed by atoms with Gasteiger partial charge in [-0.3, -0.25) is 0 Å². The quantitative estimate of drug-likeness (QED) is 0.816. The molecule has 0 radical (unpaired) electrons. The van der Waals surface area contributed by atoms with E-state index in [0.29, 0.717) is 12.1 Å². The number of para-hydroxylation sites is 1. The molecule has 106 valence electrons. The predicted molar refractivity (Wildman–Crippen MR) is 80.7 cm³/mol. The zero-order chi connectivity index (χ0) is 13.5. The minimum Gasteiger partial charge on any atom is -0.490 e. The van der Waals surface area contributed by atoms with Crippen LogP contribution < -0.4 is 10.1 Å². The number of rotatable bonds is 6. The first-order chi connectivity index (χ1) is 9.31. The molecule has 1 aliphatic carbocycles. The molecule has 1 aliphatic rings. The maximum absolute atomic E-state index is 6.25. The van der Waals surface area contributed by atoms with Crippen LogP contribution in [0.25, 0.3) is 0 Å². The van der Waals surface area contributed by atoms with Crippen molar-refractivity contribution in [3.8, 4) is 5.75 Å². The van der Waals surface area contributed by atoms with Gasteiger partial charge in [0.15, 0.2) is 0 Å². The molecule has 1 aromatic carbocycles. The van der Waals surface area contributed by atoms with E-state index < -0.39 is 0 Å². The Balaban J connectivity index is 2.02. The Morgan fingerprint density at radius 3 is 2.68 bits per heavy atom. The maximum Gasteiger partial charge on any atom is 0.124 e. The molecule has 2 rings (SSSR count). The fourth-order valence-corrected chi connectivity index (χ4v) is 2.78. The normalized spacial score (nSPS) is 18.2. The van der Waals surface area contributed by atoms with Gasteiger partial charge in [0, 0.05) is 11.6 Å². The van der Waals surface area contributed by atoms with E-state index in [4.69, 9.17) is 4.74 Å². The van der Waals surface area contributed by atoms with Gasteiger partial charge < -0.3 is 10.1 Å². The van der Waals surface area contributed by atoms with E-state index >= 15 is 0 Å². The Bertz CT molecular complexity index is 371. The number of benzene rings is 1. The highest BCUT2D eigenvalue weighted by Gasteiger charge is 2.17. The van der Waals surface area contributed by atoms with E-state index in [-0.39, 0.29) is 0 Å². The van der Waals surface area contributed by atoms with Crippen LogP contribution in [0.5, 0.6) is 5.75 Å². The summed E-state index contributed by atoms with van der Waals surface area (Å²) in [6.07, 6.45) is 8.02. The largest absolute Gasteiger partial charge is 0.490 e. The first kappa shape index (κ1) is 14.4. The number of nitrogens with one attached hydrogen (secondary N) is 1. The zero-order valence-corrected chi connectivity index (χ0v) is 12.3. The molecule has 0 aliphatic heterocycles. The van der Waals surface area contributed by atoms with Crippen LogP contribution in [0, 0.1) is 0 Å². The summed E-state index contributed by atoms with van der Waals surface area (Å²) in [5.41, 5.74) is 1.29. The Labute approximate surface area is 117 Å². The third-order valence-electron chi connectivity index (χ3n) is 3.93. The fourth-order valence-electron chi connectivity index (χ4n) is 2.78. The van der Waals surface area contributed by atoms with Crippen molar-refractivity contribution in [2.24, 2.45) is 0 Å². The molecule has 1 aromatic rings. The Morgan fingerprint density at radius 2 is 1.95 bits per heavy atom. The first-order valence-electron chi connectivity index (χ1n) is 7.80. The summed E-state index contributed by atoms with van der Waals surface area (Å²) in [5.74, 6) is 1.07. The van der Waals surface area contributed by atoms with E-state index in [1.165, 1.54) is 37.7 Å². The second kappa shape index (κ2) is 7.54. The van der Waals surface area contributed by atoms with Gasteiger partial charge in [-0.1, -0.05) is 31.5 Å². The van der Waals surface area contributed by atoms with Crippen molar-refractivity contribution < 1.29 is 4.74 Å². The van der Waals surface area contributed by atoms with Crippen molar-refractivity contribution in [3.05, 3.63) is 29.8 Å². The summed E-state index contributed by atoms with van der Waals surface area (Å²) < 4.78 is 6.25. The highest BCUT2D eigenvalue weighted by molar-refractivity contribution is 5.35. The SMILES string of the molecule is CCCNC(C)c1ccccc1OC1CCCCC1. The van der Waals surface area contributed by atoms with Crippen LogP contribution in [0.1, 0.15) is 64.0 Å². The smallest absolute Gasteiger partial charge is 0.124 e. The van der Waals surface area contributed by atoms with Crippen LogP contribution in [0.15, 0.2) is 24.3 Å². The average molecular weight is 261 g/mol. The Hall–Kier alpha value is -1.02. The second-order valence-electron chi connectivity index (χ2n) is 5.59. The van der Waals surface area contributed by atoms with Gasteiger partial charge in [-0.15, -0.1) is 0 Å². The van der Waals surface area contributed by atoms with Crippen molar-refractivity contribution in [2.75, 3.05) is 6.54 Å². The van der Waals surface area contributed by atoms with E-state index in [0.717, 1.165) is 18.7 Å². The molecule has 0 bridgehead atoms. The third-order valence-corrected chi connectivity index (χ3v) is 3.93. The van der Waals surface area contributed by atoms with Gasteiger partial charge in [0.05, 0.1) is 6.10 Å². The molecular weight excluding hydrogens is 234 g/mol. The monoisotopic (exact) mass is 261 g/mol. The van der Waals surface area contributed by atoms with Gasteiger partial charge >= 0.3 is 0 Å². The minimum absolute atomic E-state index is 0.361. The van der Waals surface area contributed by atoms with Crippen molar-refractivity contribution in [1.29, 1.82) is 0 Å². The van der Waals surface area contributed by atoms with Crippen LogP contribution in [-0.4, -0.2) is 12.6 Å². The first-order valence-corrected chi connectivity index (χ1v) is 7.80. The molecule has 1 saturated carbocycles. The van der Waals surface area contributed by atoms with Gasteiger partial charge in [0.2, 0.25) is 0 Å². The van der Waals surface area contributed by atoms with Gasteiger partial charge in [-0.05, 0) is 51.6 Å². The molecule has 0 saturated heterocycles. The van der Waals surface area contributed by atoms with Gasteiger partial charge in [0.1, 0.15) is 5.75 Å². The molecule has 0 heterocycles. The molecule has 2 heteroatoms. The highest BCUT2D eigenvalue weighted by Crippen LogP contribution is 2.29. The van der Waals surface area contributed by atoms with E-state index in [1.807, 2.05) is 0 Å². The summed E-state index contributed by atoms with van der Waals surface area (Å²) >= 11 is 0. The van der Waals surface area contributed by atoms with Gasteiger partial charge in [-0.2, -0.15) is 0 Å². The zero-order valence-electron chi connectivity index (χ0n) is 12.3. The van der Waals surface area contributed by atoms with Crippen molar-refractivity contribution >= 4 is 0 Å². The number of hydrogen-bond acceptors (Lipinski definition) is 2. The molecule has 1 N–H and O–H groups in total. The summed E-state index contributed by atoms with van der Waals surface area (Å²) in [6, 6.07) is 8.85. The molecule has 19 heavy (non-hydrogen) atoms. The van der Waals surface area contributed by atoms with E-state index in [1.54, 1.807) is 0 Å². The minimum atomic E-state index is 0.361. The van der Waals surface area contributed by atoms with Crippen molar-refractivity contribution in [2.45, 2.75) is 64.5 Å². The summed E-state index contributed by atoms with van der Waals surface area (Å²) in [5, 5.41) is 3.55. The van der Waals surface area contributed by atoms with Crippen LogP contribution in [0.4, 0.5) is 0 Å². The lowest BCUT2D eigenvalue weighted by Gasteiger charge is -2.26. The summed E-state index contributed by atoms with van der Waals surface area (Å²) in [4.78, 5) is 0. The van der Waals surface area contributed by atoms with Gasteiger partial charge in [-0.25, -0.2) is 0 Å². The van der Waals surface area contributed by atoms with E-state index in [2.05, 4.69) is 43.4 Å². The lowest BCUT2D eigenvalue weighted by molar-refractivity contribution is 0.152. The molecule has 2 nitrogen and oxygen atoms in total. The molecule has 0 spiro atoms. The fraction of sp³-hybridized carbons (Fsp3) is 0.647. The van der Waals surface area contributed by atoms with Crippen molar-refractivity contribution in [3.63, 3.8) is 0 Å². The molecule has 1 unspecified atom stereocenters. The molecule has 1 fully saturated rings. The number of hydrogen-bond donors (Lipinski definition) is 1. The Kier molecular flexibility index (Phi) is 5.71. The highest BCUT2D eigenvalue weighted by atomic mass is 16.5. The van der Waals surface area contributed by atoms with Crippen LogP contribution in [-0.2, 0) is 0 Å². The third kappa shape index (κ3) is 4.24. The predicted octanol–water partition coefficient (Wildman–Crippen LogP) is 4.46. The molecule has 1 atom stereocenters. The lowest BCUT2D eigenvalue weighted by Crippen LogP contribution is -2.23. The lowest BCUT2D eigenvalue weighted by atomic mass is 9.97. The van der Waals surface area contributed by atoms with Gasteiger partial charge in [0.25, 0.3) is 0 Å².